The van der Waals surface area contributed by atoms with E-state index in [1.807, 2.05) is 50.2 Å². The van der Waals surface area contributed by atoms with E-state index in [4.69, 9.17) is 0 Å². The number of benzene rings is 2. The molecule has 1 aliphatic heterocycles. The first-order chi connectivity index (χ1) is 13.8. The van der Waals surface area contributed by atoms with Gasteiger partial charge in [0.2, 0.25) is 5.91 Å². The number of rotatable bonds is 4. The summed E-state index contributed by atoms with van der Waals surface area (Å²) in [5.74, 6) is -0.615. The molecule has 0 saturated carbocycles. The molecule has 0 spiro atoms. The molecule has 6 heteroatoms. The first-order valence-electron chi connectivity index (χ1n) is 9.35. The number of nitriles is 1. The number of nitrogens with zero attached hydrogens (tertiary/aromatic N) is 2. The van der Waals surface area contributed by atoms with Gasteiger partial charge in [0, 0.05) is 12.7 Å². The summed E-state index contributed by atoms with van der Waals surface area (Å²) in [5, 5.41) is 12.1. The van der Waals surface area contributed by atoms with Crippen molar-refractivity contribution < 1.29 is 9.59 Å². The molecule has 1 aliphatic rings. The molecule has 2 amide bonds. The standard InChI is InChI=1S/C23H23N3O2S/c1-14-5-9-18(10-6-14)26-22(28)20(12-17-8-7-15(2)16(3)11-17)29-23(26)19(13-24)21(27)25-4/h5-11,20H,12H2,1-4H3,(H,25,27)/b23-19-. The van der Waals surface area contributed by atoms with E-state index in [1.54, 1.807) is 0 Å². The molecule has 2 aromatic carbocycles. The highest BCUT2D eigenvalue weighted by atomic mass is 32.2. The third-order valence-corrected chi connectivity index (χ3v) is 6.28. The van der Waals surface area contributed by atoms with E-state index in [9.17, 15) is 14.9 Å². The van der Waals surface area contributed by atoms with E-state index in [2.05, 4.69) is 24.4 Å². The highest BCUT2D eigenvalue weighted by Crippen LogP contribution is 2.42. The number of hydrogen-bond donors (Lipinski definition) is 1. The van der Waals surface area contributed by atoms with Crippen molar-refractivity contribution in [2.75, 3.05) is 11.9 Å². The second kappa shape index (κ2) is 8.54. The number of thioether (sulfide) groups is 1. The molecule has 0 radical (unpaired) electrons. The zero-order valence-corrected chi connectivity index (χ0v) is 17.8. The summed E-state index contributed by atoms with van der Waals surface area (Å²) < 4.78 is 0. The summed E-state index contributed by atoms with van der Waals surface area (Å²) in [6, 6.07) is 15.6. The first kappa shape index (κ1) is 20.7. The summed E-state index contributed by atoms with van der Waals surface area (Å²) >= 11 is 1.28. The van der Waals surface area contributed by atoms with E-state index in [0.29, 0.717) is 17.1 Å². The number of aryl methyl sites for hydroxylation is 3. The average Bonchev–Trinajstić information content (AvgIpc) is 3.01. The van der Waals surface area contributed by atoms with E-state index >= 15 is 0 Å². The Bertz CT molecular complexity index is 1040. The molecule has 1 saturated heterocycles. The molecular weight excluding hydrogens is 382 g/mol. The topological polar surface area (TPSA) is 73.2 Å². The molecule has 1 N–H and O–H groups in total. The Balaban J connectivity index is 2.03. The highest BCUT2D eigenvalue weighted by molar-refractivity contribution is 8.05. The van der Waals surface area contributed by atoms with Crippen LogP contribution in [-0.2, 0) is 16.0 Å². The second-order valence-electron chi connectivity index (χ2n) is 7.11. The second-order valence-corrected chi connectivity index (χ2v) is 8.30. The Morgan fingerprint density at radius 3 is 2.41 bits per heavy atom. The molecule has 2 aromatic rings. The quantitative estimate of drug-likeness (QED) is 0.621. The van der Waals surface area contributed by atoms with Crippen molar-refractivity contribution >= 4 is 29.3 Å². The highest BCUT2D eigenvalue weighted by Gasteiger charge is 2.40. The average molecular weight is 406 g/mol. The van der Waals surface area contributed by atoms with Crippen molar-refractivity contribution in [3.63, 3.8) is 0 Å². The van der Waals surface area contributed by atoms with Crippen LogP contribution in [0.4, 0.5) is 5.69 Å². The predicted octanol–water partition coefficient (Wildman–Crippen LogP) is 3.78. The molecule has 0 bridgehead atoms. The summed E-state index contributed by atoms with van der Waals surface area (Å²) in [6.45, 7) is 6.07. The van der Waals surface area contributed by atoms with Crippen LogP contribution in [0.15, 0.2) is 53.1 Å². The Hall–Kier alpha value is -3.04. The van der Waals surface area contributed by atoms with Crippen LogP contribution in [0, 0.1) is 32.1 Å². The Morgan fingerprint density at radius 2 is 1.83 bits per heavy atom. The summed E-state index contributed by atoms with van der Waals surface area (Å²) in [7, 11) is 1.48. The van der Waals surface area contributed by atoms with Crippen molar-refractivity contribution in [2.45, 2.75) is 32.4 Å². The lowest BCUT2D eigenvalue weighted by molar-refractivity contribution is -0.117. The molecule has 1 atom stereocenters. The Kier molecular flexibility index (Phi) is 6.09. The maximum atomic E-state index is 13.3. The lowest BCUT2D eigenvalue weighted by atomic mass is 10.0. The van der Waals surface area contributed by atoms with Crippen molar-refractivity contribution in [3.05, 3.63) is 75.3 Å². The summed E-state index contributed by atoms with van der Waals surface area (Å²) in [6.07, 6.45) is 0.531. The Labute approximate surface area is 175 Å². The van der Waals surface area contributed by atoms with Crippen LogP contribution in [-0.4, -0.2) is 24.1 Å². The van der Waals surface area contributed by atoms with E-state index < -0.39 is 11.2 Å². The minimum absolute atomic E-state index is 0.0472. The van der Waals surface area contributed by atoms with Crippen LogP contribution in [0.5, 0.6) is 0 Å². The predicted molar refractivity (Wildman–Crippen MR) is 116 cm³/mol. The summed E-state index contributed by atoms with van der Waals surface area (Å²) in [4.78, 5) is 27.1. The molecular formula is C23H23N3O2S. The number of nitrogens with one attached hydrogen (secondary N) is 1. The molecule has 5 nitrogen and oxygen atoms in total. The SMILES string of the molecule is CNC(=O)/C(C#N)=C1\SC(Cc2ccc(C)c(C)c2)C(=O)N1c1ccc(C)cc1. The molecule has 0 aromatic heterocycles. The normalized spacial score (nSPS) is 17.8. The lowest BCUT2D eigenvalue weighted by Gasteiger charge is -2.18. The van der Waals surface area contributed by atoms with E-state index in [1.165, 1.54) is 34.8 Å². The fraction of sp³-hybridized carbons (Fsp3) is 0.261. The third kappa shape index (κ3) is 4.20. The molecule has 1 fully saturated rings. The maximum absolute atomic E-state index is 13.3. The van der Waals surface area contributed by atoms with Gasteiger partial charge < -0.3 is 5.32 Å². The molecule has 1 unspecified atom stereocenters. The number of carbonyl (C=O) groups excluding carboxylic acids is 2. The van der Waals surface area contributed by atoms with Crippen LogP contribution >= 0.6 is 11.8 Å². The van der Waals surface area contributed by atoms with E-state index in [-0.39, 0.29) is 11.5 Å². The van der Waals surface area contributed by atoms with Gasteiger partial charge >= 0.3 is 0 Å². The minimum Gasteiger partial charge on any atom is -0.354 e. The van der Waals surface area contributed by atoms with Gasteiger partial charge in [-0.3, -0.25) is 14.5 Å². The van der Waals surface area contributed by atoms with Gasteiger partial charge in [-0.25, -0.2) is 0 Å². The van der Waals surface area contributed by atoms with Crippen molar-refractivity contribution in [3.8, 4) is 6.07 Å². The fourth-order valence-corrected chi connectivity index (χ4v) is 4.49. The Morgan fingerprint density at radius 1 is 1.14 bits per heavy atom. The van der Waals surface area contributed by atoms with Crippen molar-refractivity contribution in [1.82, 2.24) is 5.32 Å². The molecule has 0 aliphatic carbocycles. The van der Waals surface area contributed by atoms with Gasteiger partial charge in [-0.05, 0) is 56.0 Å². The van der Waals surface area contributed by atoms with Gasteiger partial charge in [0.05, 0.1) is 5.25 Å². The van der Waals surface area contributed by atoms with Crippen LogP contribution < -0.4 is 10.2 Å². The number of likely N-dealkylation sites (N-methyl/N-ethyl adjacent to an activating group) is 1. The third-order valence-electron chi connectivity index (χ3n) is 5.02. The molecule has 29 heavy (non-hydrogen) atoms. The molecule has 148 valence electrons. The number of carbonyl (C=O) groups is 2. The lowest BCUT2D eigenvalue weighted by Crippen LogP contribution is -2.31. The van der Waals surface area contributed by atoms with Gasteiger partial charge in [-0.2, -0.15) is 5.26 Å². The van der Waals surface area contributed by atoms with Crippen LogP contribution in [0.3, 0.4) is 0 Å². The minimum atomic E-state index is -0.494. The maximum Gasteiger partial charge on any atom is 0.264 e. The van der Waals surface area contributed by atoms with Gasteiger partial charge in [0.15, 0.2) is 0 Å². The van der Waals surface area contributed by atoms with Crippen LogP contribution in [0.2, 0.25) is 0 Å². The molecule has 1 heterocycles. The van der Waals surface area contributed by atoms with Crippen LogP contribution in [0.25, 0.3) is 0 Å². The monoisotopic (exact) mass is 405 g/mol. The molecule has 3 rings (SSSR count). The number of hydrogen-bond acceptors (Lipinski definition) is 4. The fourth-order valence-electron chi connectivity index (χ4n) is 3.19. The smallest absolute Gasteiger partial charge is 0.264 e. The number of amides is 2. The summed E-state index contributed by atoms with van der Waals surface area (Å²) in [5.41, 5.74) is 5.11. The first-order valence-corrected chi connectivity index (χ1v) is 10.2. The van der Waals surface area contributed by atoms with Crippen molar-refractivity contribution in [2.24, 2.45) is 0 Å². The van der Waals surface area contributed by atoms with Gasteiger partial charge in [0.25, 0.3) is 5.91 Å². The van der Waals surface area contributed by atoms with E-state index in [0.717, 1.165) is 11.1 Å². The zero-order valence-electron chi connectivity index (χ0n) is 16.9. The number of anilines is 1. The van der Waals surface area contributed by atoms with Crippen molar-refractivity contribution in [1.29, 1.82) is 5.26 Å². The largest absolute Gasteiger partial charge is 0.354 e. The van der Waals surface area contributed by atoms with Gasteiger partial charge in [-0.15, -0.1) is 0 Å². The van der Waals surface area contributed by atoms with Crippen LogP contribution in [0.1, 0.15) is 22.3 Å². The van der Waals surface area contributed by atoms with Gasteiger partial charge in [0.1, 0.15) is 16.7 Å². The van der Waals surface area contributed by atoms with Gasteiger partial charge in [-0.1, -0.05) is 47.7 Å². The zero-order chi connectivity index (χ0) is 21.1.